The monoisotopic (exact) mass is 388 g/mol. The lowest BCUT2D eigenvalue weighted by Gasteiger charge is -2.13. The van der Waals surface area contributed by atoms with Gasteiger partial charge in [0.2, 0.25) is 5.95 Å². The van der Waals surface area contributed by atoms with E-state index < -0.39 is 0 Å². The minimum atomic E-state index is 0.500. The topological polar surface area (TPSA) is 59.1 Å². The zero-order valence-corrected chi connectivity index (χ0v) is 15.9. The smallest absolute Gasteiger partial charge is 0.224 e. The van der Waals surface area contributed by atoms with E-state index in [2.05, 4.69) is 20.6 Å². The fourth-order valence-corrected chi connectivity index (χ4v) is 2.75. The summed E-state index contributed by atoms with van der Waals surface area (Å²) in [5, 5.41) is 7.77. The van der Waals surface area contributed by atoms with Crippen molar-refractivity contribution in [2.24, 2.45) is 0 Å². The fraction of sp³-hybridized carbons (Fsp3) is 0.158. The number of hydrogen-bond acceptors (Lipinski definition) is 5. The van der Waals surface area contributed by atoms with E-state index >= 15 is 0 Å². The predicted molar refractivity (Wildman–Crippen MR) is 107 cm³/mol. The molecule has 0 fully saturated rings. The number of aryl methyl sites for hydroxylation is 1. The maximum Gasteiger partial charge on any atom is 0.224 e. The largest absolute Gasteiger partial charge is 0.495 e. The first-order valence-corrected chi connectivity index (χ1v) is 8.74. The molecule has 7 heteroatoms. The van der Waals surface area contributed by atoms with Gasteiger partial charge in [0.15, 0.2) is 0 Å². The third-order valence-corrected chi connectivity index (χ3v) is 4.57. The lowest BCUT2D eigenvalue weighted by atomic mass is 10.2. The van der Waals surface area contributed by atoms with Crippen LogP contribution in [0, 0.1) is 6.92 Å². The summed E-state index contributed by atoms with van der Waals surface area (Å²) in [7, 11) is 1.60. The summed E-state index contributed by atoms with van der Waals surface area (Å²) >= 11 is 12.3. The molecule has 0 radical (unpaired) electrons. The van der Waals surface area contributed by atoms with Gasteiger partial charge in [-0.2, -0.15) is 4.98 Å². The van der Waals surface area contributed by atoms with Crippen molar-refractivity contribution in [2.75, 3.05) is 17.7 Å². The van der Waals surface area contributed by atoms with E-state index in [9.17, 15) is 0 Å². The van der Waals surface area contributed by atoms with Gasteiger partial charge in [0.05, 0.1) is 12.8 Å². The average molecular weight is 389 g/mol. The zero-order chi connectivity index (χ0) is 18.5. The Morgan fingerprint density at radius 1 is 1.08 bits per heavy atom. The van der Waals surface area contributed by atoms with E-state index in [-0.39, 0.29) is 0 Å². The average Bonchev–Trinajstić information content (AvgIpc) is 2.64. The second-order valence-electron chi connectivity index (χ2n) is 5.64. The molecule has 0 spiro atoms. The van der Waals surface area contributed by atoms with Gasteiger partial charge in [-0.15, -0.1) is 0 Å². The van der Waals surface area contributed by atoms with Crippen LogP contribution in [0.4, 0.5) is 17.5 Å². The van der Waals surface area contributed by atoms with Crippen LogP contribution in [-0.2, 0) is 6.54 Å². The van der Waals surface area contributed by atoms with Crippen molar-refractivity contribution in [3.8, 4) is 5.75 Å². The first-order valence-electron chi connectivity index (χ1n) is 7.98. The molecule has 0 aliphatic heterocycles. The Balaban J connectivity index is 1.76. The van der Waals surface area contributed by atoms with E-state index in [1.807, 2.05) is 37.3 Å². The molecule has 1 heterocycles. The quantitative estimate of drug-likeness (QED) is 0.587. The maximum absolute atomic E-state index is 6.17. The first-order chi connectivity index (χ1) is 12.6. The second kappa shape index (κ2) is 8.25. The number of nitrogens with one attached hydrogen (secondary N) is 2. The van der Waals surface area contributed by atoms with Crippen molar-refractivity contribution in [2.45, 2.75) is 13.5 Å². The molecule has 2 N–H and O–H groups in total. The molecule has 1 aromatic heterocycles. The number of halogens is 2. The van der Waals surface area contributed by atoms with Gasteiger partial charge in [-0.25, -0.2) is 4.98 Å². The van der Waals surface area contributed by atoms with Gasteiger partial charge < -0.3 is 15.4 Å². The van der Waals surface area contributed by atoms with Gasteiger partial charge in [-0.1, -0.05) is 41.4 Å². The van der Waals surface area contributed by atoms with E-state index in [4.69, 9.17) is 27.9 Å². The molecule has 5 nitrogen and oxygen atoms in total. The summed E-state index contributed by atoms with van der Waals surface area (Å²) in [5.41, 5.74) is 2.71. The normalized spacial score (nSPS) is 10.5. The fourth-order valence-electron chi connectivity index (χ4n) is 2.40. The molecular weight excluding hydrogens is 371 g/mol. The van der Waals surface area contributed by atoms with Gasteiger partial charge in [-0.3, -0.25) is 0 Å². The lowest BCUT2D eigenvalue weighted by molar-refractivity contribution is 0.416. The Kier molecular flexibility index (Phi) is 5.81. The molecule has 0 aliphatic rings. The highest BCUT2D eigenvalue weighted by Crippen LogP contribution is 2.32. The third-order valence-electron chi connectivity index (χ3n) is 3.79. The minimum Gasteiger partial charge on any atom is -0.495 e. The standard InChI is InChI=1S/C19H18Cl2N4O/c1-12-9-16(17(26-2)10-15(12)21)24-18-7-8-22-19(25-18)23-11-13-5-3-4-6-14(13)20/h3-10H,11H2,1-2H3,(H2,22,23,24,25). The molecule has 0 saturated carbocycles. The summed E-state index contributed by atoms with van der Waals surface area (Å²) in [4.78, 5) is 8.72. The Morgan fingerprint density at radius 2 is 1.88 bits per heavy atom. The third kappa shape index (κ3) is 4.36. The SMILES string of the molecule is COc1cc(Cl)c(C)cc1Nc1ccnc(NCc2ccccc2Cl)n1. The molecule has 0 bridgehead atoms. The number of methoxy groups -OCH3 is 1. The van der Waals surface area contributed by atoms with Gasteiger partial charge in [-0.05, 0) is 36.2 Å². The second-order valence-corrected chi connectivity index (χ2v) is 6.45. The molecule has 0 amide bonds. The van der Waals surface area contributed by atoms with E-state index in [1.165, 1.54) is 0 Å². The zero-order valence-electron chi connectivity index (χ0n) is 14.4. The number of ether oxygens (including phenoxy) is 1. The number of nitrogens with zero attached hydrogens (tertiary/aromatic N) is 2. The van der Waals surface area contributed by atoms with Crippen LogP contribution in [-0.4, -0.2) is 17.1 Å². The van der Waals surface area contributed by atoms with Crippen LogP contribution in [0.25, 0.3) is 0 Å². The van der Waals surface area contributed by atoms with Crippen LogP contribution in [0.15, 0.2) is 48.7 Å². The highest BCUT2D eigenvalue weighted by Gasteiger charge is 2.09. The van der Waals surface area contributed by atoms with E-state index in [1.54, 1.807) is 25.4 Å². The highest BCUT2D eigenvalue weighted by atomic mass is 35.5. The maximum atomic E-state index is 6.17. The summed E-state index contributed by atoms with van der Waals surface area (Å²) in [6.45, 7) is 2.47. The minimum absolute atomic E-state index is 0.500. The van der Waals surface area contributed by atoms with Crippen molar-refractivity contribution in [1.29, 1.82) is 0 Å². The van der Waals surface area contributed by atoms with Crippen LogP contribution < -0.4 is 15.4 Å². The predicted octanol–water partition coefficient (Wildman–Crippen LogP) is 5.46. The van der Waals surface area contributed by atoms with Gasteiger partial charge in [0.25, 0.3) is 0 Å². The van der Waals surface area contributed by atoms with Crippen LogP contribution >= 0.6 is 23.2 Å². The Hall–Kier alpha value is -2.50. The molecule has 0 atom stereocenters. The first kappa shape index (κ1) is 18.3. The van der Waals surface area contributed by atoms with Crippen molar-refractivity contribution in [1.82, 2.24) is 9.97 Å². The number of anilines is 3. The van der Waals surface area contributed by atoms with E-state index in [0.29, 0.717) is 34.1 Å². The van der Waals surface area contributed by atoms with E-state index in [0.717, 1.165) is 16.8 Å². The Labute approximate surface area is 162 Å². The van der Waals surface area contributed by atoms with Crippen LogP contribution in [0.2, 0.25) is 10.0 Å². The van der Waals surface area contributed by atoms with Gasteiger partial charge in [0.1, 0.15) is 11.6 Å². The molecule has 0 unspecified atom stereocenters. The molecule has 3 aromatic rings. The van der Waals surface area contributed by atoms with Crippen molar-refractivity contribution in [3.05, 3.63) is 69.8 Å². The van der Waals surface area contributed by atoms with Crippen molar-refractivity contribution >= 4 is 40.7 Å². The number of benzene rings is 2. The summed E-state index contributed by atoms with van der Waals surface area (Å²) in [6.07, 6.45) is 1.68. The number of rotatable bonds is 6. The lowest BCUT2D eigenvalue weighted by Crippen LogP contribution is -2.05. The van der Waals surface area contributed by atoms with Crippen molar-refractivity contribution in [3.63, 3.8) is 0 Å². The molecule has 2 aromatic carbocycles. The van der Waals surface area contributed by atoms with Crippen LogP contribution in [0.1, 0.15) is 11.1 Å². The van der Waals surface area contributed by atoms with Gasteiger partial charge >= 0.3 is 0 Å². The summed E-state index contributed by atoms with van der Waals surface area (Å²) in [5.74, 6) is 1.78. The molecule has 0 saturated heterocycles. The Morgan fingerprint density at radius 3 is 2.65 bits per heavy atom. The molecule has 26 heavy (non-hydrogen) atoms. The Bertz CT molecular complexity index is 918. The molecule has 0 aliphatic carbocycles. The molecular formula is C19H18Cl2N4O. The van der Waals surface area contributed by atoms with Crippen LogP contribution in [0.3, 0.4) is 0 Å². The summed E-state index contributed by atoms with van der Waals surface area (Å²) in [6, 6.07) is 13.1. The summed E-state index contributed by atoms with van der Waals surface area (Å²) < 4.78 is 5.38. The molecule has 3 rings (SSSR count). The number of hydrogen-bond donors (Lipinski definition) is 2. The molecule has 134 valence electrons. The van der Waals surface area contributed by atoms with Crippen LogP contribution in [0.5, 0.6) is 5.75 Å². The number of aromatic nitrogens is 2. The van der Waals surface area contributed by atoms with Crippen molar-refractivity contribution < 1.29 is 4.74 Å². The van der Waals surface area contributed by atoms with Gasteiger partial charge in [0, 0.05) is 28.9 Å². The highest BCUT2D eigenvalue weighted by molar-refractivity contribution is 6.31.